The number of fused-ring (bicyclic) bond motifs is 3. The third-order valence-corrected chi connectivity index (χ3v) is 7.19. The average molecular weight is 389 g/mol. The highest BCUT2D eigenvalue weighted by Crippen LogP contribution is 2.40. The largest absolute Gasteiger partial charge is 0.391 e. The SMILES string of the molecule is OC1CCCN(c2nc(CN3CCOCC3)nc3sc4c(c23)CCCC4)C1. The second kappa shape index (κ2) is 7.62. The van der Waals surface area contributed by atoms with Crippen LogP contribution in [0.15, 0.2) is 0 Å². The molecule has 2 saturated heterocycles. The summed E-state index contributed by atoms with van der Waals surface area (Å²) in [4.78, 5) is 17.4. The van der Waals surface area contributed by atoms with E-state index in [2.05, 4.69) is 9.80 Å². The van der Waals surface area contributed by atoms with E-state index in [9.17, 15) is 5.11 Å². The number of ether oxygens (including phenoxy) is 1. The van der Waals surface area contributed by atoms with Crippen LogP contribution in [0.25, 0.3) is 10.2 Å². The summed E-state index contributed by atoms with van der Waals surface area (Å²) in [5.41, 5.74) is 1.48. The van der Waals surface area contributed by atoms with Crippen molar-refractivity contribution < 1.29 is 9.84 Å². The lowest BCUT2D eigenvalue weighted by Gasteiger charge is -2.32. The first kappa shape index (κ1) is 17.8. The lowest BCUT2D eigenvalue weighted by atomic mass is 9.96. The van der Waals surface area contributed by atoms with Gasteiger partial charge < -0.3 is 14.7 Å². The zero-order chi connectivity index (χ0) is 18.2. The average Bonchev–Trinajstić information content (AvgIpc) is 3.06. The van der Waals surface area contributed by atoms with Gasteiger partial charge in [0.05, 0.1) is 31.2 Å². The fraction of sp³-hybridized carbons (Fsp3) is 0.700. The van der Waals surface area contributed by atoms with Crippen LogP contribution in [0.3, 0.4) is 0 Å². The first-order valence-electron chi connectivity index (χ1n) is 10.3. The number of anilines is 1. The first-order chi connectivity index (χ1) is 13.3. The number of rotatable bonds is 3. The monoisotopic (exact) mass is 388 g/mol. The third kappa shape index (κ3) is 3.58. The summed E-state index contributed by atoms with van der Waals surface area (Å²) in [5.74, 6) is 1.99. The van der Waals surface area contributed by atoms with Crippen molar-refractivity contribution in [2.24, 2.45) is 0 Å². The Morgan fingerprint density at radius 2 is 1.93 bits per heavy atom. The summed E-state index contributed by atoms with van der Waals surface area (Å²) < 4.78 is 5.48. The highest BCUT2D eigenvalue weighted by Gasteiger charge is 2.27. The Morgan fingerprint density at radius 3 is 2.78 bits per heavy atom. The molecule has 1 unspecified atom stereocenters. The maximum absolute atomic E-state index is 10.2. The van der Waals surface area contributed by atoms with Crippen molar-refractivity contribution in [2.45, 2.75) is 51.2 Å². The Balaban J connectivity index is 1.56. The predicted molar refractivity (Wildman–Crippen MR) is 108 cm³/mol. The van der Waals surface area contributed by atoms with Crippen LogP contribution in [0.4, 0.5) is 5.82 Å². The van der Waals surface area contributed by atoms with E-state index in [1.54, 1.807) is 0 Å². The van der Waals surface area contributed by atoms with Crippen LogP contribution >= 0.6 is 11.3 Å². The van der Waals surface area contributed by atoms with Crippen molar-refractivity contribution in [3.8, 4) is 0 Å². The maximum Gasteiger partial charge on any atom is 0.146 e. The van der Waals surface area contributed by atoms with Gasteiger partial charge in [-0.05, 0) is 44.1 Å². The molecule has 6 nitrogen and oxygen atoms in total. The Labute approximate surface area is 164 Å². The Bertz CT molecular complexity index is 818. The summed E-state index contributed by atoms with van der Waals surface area (Å²) in [6, 6.07) is 0. The molecule has 2 fully saturated rings. The molecule has 0 radical (unpaired) electrons. The van der Waals surface area contributed by atoms with Crippen LogP contribution < -0.4 is 4.90 Å². The number of aryl methyl sites for hydroxylation is 2. The van der Waals surface area contributed by atoms with Gasteiger partial charge in [-0.15, -0.1) is 11.3 Å². The lowest BCUT2D eigenvalue weighted by molar-refractivity contribution is 0.0331. The topological polar surface area (TPSA) is 61.7 Å². The molecule has 2 aromatic heterocycles. The predicted octanol–water partition coefficient (Wildman–Crippen LogP) is 2.36. The summed E-state index contributed by atoms with van der Waals surface area (Å²) in [6.45, 7) is 5.92. The highest BCUT2D eigenvalue weighted by atomic mass is 32.1. The molecule has 4 heterocycles. The van der Waals surface area contributed by atoms with Crippen LogP contribution in [0.5, 0.6) is 0 Å². The third-order valence-electron chi connectivity index (χ3n) is 6.01. The van der Waals surface area contributed by atoms with Crippen molar-refractivity contribution in [1.82, 2.24) is 14.9 Å². The van der Waals surface area contributed by atoms with Crippen molar-refractivity contribution in [3.63, 3.8) is 0 Å². The van der Waals surface area contributed by atoms with Gasteiger partial charge in [0.2, 0.25) is 0 Å². The molecule has 146 valence electrons. The minimum atomic E-state index is -0.249. The van der Waals surface area contributed by atoms with E-state index in [1.165, 1.54) is 35.1 Å². The maximum atomic E-state index is 10.2. The molecule has 7 heteroatoms. The van der Waals surface area contributed by atoms with Crippen LogP contribution in [0, 0.1) is 0 Å². The van der Waals surface area contributed by atoms with Gasteiger partial charge in [-0.2, -0.15) is 0 Å². The molecule has 0 amide bonds. The number of aliphatic hydroxyl groups excluding tert-OH is 1. The smallest absolute Gasteiger partial charge is 0.146 e. The van der Waals surface area contributed by atoms with Gasteiger partial charge in [0, 0.05) is 31.1 Å². The molecular formula is C20H28N4O2S. The van der Waals surface area contributed by atoms with Crippen molar-refractivity contribution in [2.75, 3.05) is 44.3 Å². The summed E-state index contributed by atoms with van der Waals surface area (Å²) in [5, 5.41) is 11.5. The molecule has 27 heavy (non-hydrogen) atoms. The van der Waals surface area contributed by atoms with E-state index in [0.29, 0.717) is 6.54 Å². The van der Waals surface area contributed by atoms with Gasteiger partial charge in [0.15, 0.2) is 0 Å². The molecular weight excluding hydrogens is 360 g/mol. The first-order valence-corrected chi connectivity index (χ1v) is 11.1. The van der Waals surface area contributed by atoms with Gasteiger partial charge in [-0.1, -0.05) is 0 Å². The molecule has 5 rings (SSSR count). The fourth-order valence-electron chi connectivity index (χ4n) is 4.59. The van der Waals surface area contributed by atoms with Crippen LogP contribution in [0.2, 0.25) is 0 Å². The second-order valence-corrected chi connectivity index (χ2v) is 9.07. The van der Waals surface area contributed by atoms with E-state index >= 15 is 0 Å². The van der Waals surface area contributed by atoms with Gasteiger partial charge >= 0.3 is 0 Å². The van der Waals surface area contributed by atoms with E-state index < -0.39 is 0 Å². The molecule has 0 saturated carbocycles. The van der Waals surface area contributed by atoms with Crippen molar-refractivity contribution in [1.29, 1.82) is 0 Å². The molecule has 1 aliphatic carbocycles. The van der Waals surface area contributed by atoms with E-state index in [4.69, 9.17) is 14.7 Å². The summed E-state index contributed by atoms with van der Waals surface area (Å²) in [7, 11) is 0. The quantitative estimate of drug-likeness (QED) is 0.871. The normalized spacial score (nSPS) is 24.3. The van der Waals surface area contributed by atoms with Gasteiger partial charge in [-0.3, -0.25) is 4.90 Å². The number of nitrogens with zero attached hydrogens (tertiary/aromatic N) is 4. The number of aliphatic hydroxyl groups is 1. The van der Waals surface area contributed by atoms with E-state index in [0.717, 1.165) is 75.1 Å². The number of β-amino-alcohol motifs (C(OH)–C–C–N with tert-alkyl or cyclic N) is 1. The zero-order valence-electron chi connectivity index (χ0n) is 15.8. The summed E-state index contributed by atoms with van der Waals surface area (Å²) >= 11 is 1.87. The molecule has 1 N–H and O–H groups in total. The zero-order valence-corrected chi connectivity index (χ0v) is 16.6. The molecule has 2 aliphatic heterocycles. The number of morpholine rings is 1. The Kier molecular flexibility index (Phi) is 5.02. The Hall–Kier alpha value is -1.28. The molecule has 2 aromatic rings. The minimum absolute atomic E-state index is 0.249. The number of thiophene rings is 1. The lowest BCUT2D eigenvalue weighted by Crippen LogP contribution is -2.39. The van der Waals surface area contributed by atoms with Crippen LogP contribution in [-0.2, 0) is 24.1 Å². The number of hydrogen-bond acceptors (Lipinski definition) is 7. The minimum Gasteiger partial charge on any atom is -0.391 e. The van der Waals surface area contributed by atoms with Gasteiger partial charge in [0.1, 0.15) is 16.5 Å². The number of aromatic nitrogens is 2. The summed E-state index contributed by atoms with van der Waals surface area (Å²) in [6.07, 6.45) is 6.54. The van der Waals surface area contributed by atoms with E-state index in [1.807, 2.05) is 11.3 Å². The number of hydrogen-bond donors (Lipinski definition) is 1. The van der Waals surface area contributed by atoms with Crippen molar-refractivity contribution in [3.05, 3.63) is 16.3 Å². The van der Waals surface area contributed by atoms with Gasteiger partial charge in [0.25, 0.3) is 0 Å². The van der Waals surface area contributed by atoms with E-state index in [-0.39, 0.29) is 6.10 Å². The molecule has 0 bridgehead atoms. The van der Waals surface area contributed by atoms with Gasteiger partial charge in [-0.25, -0.2) is 9.97 Å². The Morgan fingerprint density at radius 1 is 1.07 bits per heavy atom. The molecule has 1 atom stereocenters. The second-order valence-electron chi connectivity index (χ2n) is 7.99. The van der Waals surface area contributed by atoms with Crippen LogP contribution in [0.1, 0.15) is 41.9 Å². The standard InChI is InChI=1S/C20H28N4O2S/c25-14-4-3-7-24(12-14)19-18-15-5-1-2-6-16(15)27-20(18)22-17(21-19)13-23-8-10-26-11-9-23/h14,25H,1-13H2. The molecule has 0 aromatic carbocycles. The fourth-order valence-corrected chi connectivity index (χ4v) is 5.86. The highest BCUT2D eigenvalue weighted by molar-refractivity contribution is 7.19. The molecule has 3 aliphatic rings. The van der Waals surface area contributed by atoms with Crippen molar-refractivity contribution >= 4 is 27.4 Å². The number of piperidine rings is 1. The van der Waals surface area contributed by atoms with Crippen LogP contribution in [-0.4, -0.2) is 65.5 Å². The molecule has 0 spiro atoms.